The van der Waals surface area contributed by atoms with Crippen LogP contribution in [0, 0.1) is 17.8 Å². The third-order valence-electron chi connectivity index (χ3n) is 4.35. The van der Waals surface area contributed by atoms with Gasteiger partial charge in [0.15, 0.2) is 0 Å². The van der Waals surface area contributed by atoms with Crippen LogP contribution in [0.25, 0.3) is 0 Å². The van der Waals surface area contributed by atoms with Crippen molar-refractivity contribution in [1.29, 1.82) is 0 Å². The Labute approximate surface area is 103 Å². The molecule has 0 heterocycles. The van der Waals surface area contributed by atoms with Crippen LogP contribution < -0.4 is 4.98 Å². The summed E-state index contributed by atoms with van der Waals surface area (Å²) in [4.78, 5) is 3.96. The van der Waals surface area contributed by atoms with E-state index < -0.39 is 8.24 Å². The molecule has 16 heavy (non-hydrogen) atoms. The summed E-state index contributed by atoms with van der Waals surface area (Å²) in [5.41, 5.74) is 1.20. The van der Waals surface area contributed by atoms with Gasteiger partial charge < -0.3 is 4.98 Å². The lowest BCUT2D eigenvalue weighted by Crippen LogP contribution is -2.58. The molecule has 0 aliphatic heterocycles. The van der Waals surface area contributed by atoms with Gasteiger partial charge in [-0.05, 0) is 50.5 Å². The number of nitrogens with one attached hydrogen (secondary N) is 1. The van der Waals surface area contributed by atoms with Gasteiger partial charge in [0, 0.05) is 5.54 Å². The maximum atomic E-state index is 3.96. The van der Waals surface area contributed by atoms with Gasteiger partial charge in [0.2, 0.25) is 0 Å². The van der Waals surface area contributed by atoms with E-state index in [9.17, 15) is 0 Å². The summed E-state index contributed by atoms with van der Waals surface area (Å²) in [5.74, 6) is 2.71. The van der Waals surface area contributed by atoms with Crippen LogP contribution in [0.5, 0.6) is 0 Å². The van der Waals surface area contributed by atoms with Gasteiger partial charge in [0.25, 0.3) is 0 Å². The molecule has 0 aromatic rings. The average Bonchev–Trinajstić information content (AvgIpc) is 2.20. The second-order valence-electron chi connectivity index (χ2n) is 7.67. The zero-order valence-electron chi connectivity index (χ0n) is 12.5. The summed E-state index contributed by atoms with van der Waals surface area (Å²) in [5, 5.41) is 0. The molecule has 0 aromatic heterocycles. The summed E-state index contributed by atoms with van der Waals surface area (Å²) in [7, 11) is -1.32. The fourth-order valence-electron chi connectivity index (χ4n) is 4.24. The summed E-state index contributed by atoms with van der Waals surface area (Å²) < 4.78 is 0. The largest absolute Gasteiger partial charge is 0.332 e. The molecule has 1 aliphatic rings. The first-order valence-electron chi connectivity index (χ1n) is 6.84. The minimum Gasteiger partial charge on any atom is -0.332 e. The topological polar surface area (TPSA) is 12.0 Å². The zero-order valence-corrected chi connectivity index (χ0v) is 13.5. The van der Waals surface area contributed by atoms with Crippen LogP contribution in [-0.2, 0) is 0 Å². The zero-order chi connectivity index (χ0) is 12.7. The van der Waals surface area contributed by atoms with Crippen molar-refractivity contribution in [3.05, 3.63) is 0 Å². The Morgan fingerprint density at radius 1 is 1.00 bits per heavy atom. The highest BCUT2D eigenvalue weighted by molar-refractivity contribution is 6.76. The molecule has 1 rings (SSSR count). The predicted octanol–water partition coefficient (Wildman–Crippen LogP) is 4.26. The molecule has 0 spiro atoms. The molecule has 3 unspecified atom stereocenters. The molecule has 0 saturated heterocycles. The predicted molar refractivity (Wildman–Crippen MR) is 76.2 cm³/mol. The Morgan fingerprint density at radius 2 is 1.50 bits per heavy atom. The molecule has 1 fully saturated rings. The van der Waals surface area contributed by atoms with Gasteiger partial charge in [-0.25, -0.2) is 0 Å². The first kappa shape index (κ1) is 14.2. The van der Waals surface area contributed by atoms with Crippen molar-refractivity contribution in [2.75, 3.05) is 0 Å². The smallest absolute Gasteiger partial charge is 0.123 e. The minimum atomic E-state index is -1.32. The number of hydrogen-bond donors (Lipinski definition) is 1. The molecule has 96 valence electrons. The maximum absolute atomic E-state index is 3.96. The molecule has 0 aromatic carbocycles. The quantitative estimate of drug-likeness (QED) is 0.712. The number of hydrogen-bond acceptors (Lipinski definition) is 1. The van der Waals surface area contributed by atoms with E-state index in [1.54, 1.807) is 0 Å². The maximum Gasteiger partial charge on any atom is 0.123 e. The summed E-state index contributed by atoms with van der Waals surface area (Å²) in [6.45, 7) is 19.3. The SMILES string of the molecule is CC1C[C@@H](C)C([Si](C)(C)NC(C)(C)C)C1C. The summed E-state index contributed by atoms with van der Waals surface area (Å²) >= 11 is 0. The first-order chi connectivity index (χ1) is 7.04. The standard InChI is InChI=1S/C14H31NSi/c1-10-9-11(2)13(12(10)3)16(7,8)15-14(4,5)6/h10-13,15H,9H2,1-8H3/t10?,11-,12?,13?/m1/s1. The van der Waals surface area contributed by atoms with Gasteiger partial charge in [-0.3, -0.25) is 0 Å². The van der Waals surface area contributed by atoms with E-state index in [4.69, 9.17) is 0 Å². The normalized spacial score (nSPS) is 36.8. The van der Waals surface area contributed by atoms with Crippen LogP contribution in [-0.4, -0.2) is 13.8 Å². The lowest BCUT2D eigenvalue weighted by molar-refractivity contribution is 0.435. The van der Waals surface area contributed by atoms with Gasteiger partial charge in [-0.15, -0.1) is 0 Å². The van der Waals surface area contributed by atoms with Crippen molar-refractivity contribution in [3.63, 3.8) is 0 Å². The van der Waals surface area contributed by atoms with Gasteiger partial charge in [-0.2, -0.15) is 0 Å². The van der Waals surface area contributed by atoms with Gasteiger partial charge in [-0.1, -0.05) is 33.9 Å². The average molecular weight is 241 g/mol. The van der Waals surface area contributed by atoms with E-state index in [2.05, 4.69) is 59.6 Å². The molecule has 4 atom stereocenters. The molecule has 0 bridgehead atoms. The van der Waals surface area contributed by atoms with Gasteiger partial charge >= 0.3 is 0 Å². The fourth-order valence-corrected chi connectivity index (χ4v) is 9.54. The second-order valence-corrected chi connectivity index (χ2v) is 12.0. The fraction of sp³-hybridized carbons (Fsp3) is 1.00. The van der Waals surface area contributed by atoms with Crippen LogP contribution in [0.3, 0.4) is 0 Å². The Hall–Kier alpha value is 0.177. The highest BCUT2D eigenvalue weighted by atomic mass is 28.3. The Balaban J connectivity index is 2.82. The van der Waals surface area contributed by atoms with E-state index >= 15 is 0 Å². The van der Waals surface area contributed by atoms with Crippen molar-refractivity contribution in [3.8, 4) is 0 Å². The Bertz CT molecular complexity index is 242. The Morgan fingerprint density at radius 3 is 1.81 bits per heavy atom. The second kappa shape index (κ2) is 4.45. The molecule has 2 heteroatoms. The Kier molecular flexibility index (Phi) is 3.96. The lowest BCUT2D eigenvalue weighted by Gasteiger charge is -2.41. The molecule has 1 N–H and O–H groups in total. The summed E-state index contributed by atoms with van der Waals surface area (Å²) in [6.07, 6.45) is 1.42. The van der Waals surface area contributed by atoms with Gasteiger partial charge in [0.05, 0.1) is 0 Å². The molecule has 1 nitrogen and oxygen atoms in total. The van der Waals surface area contributed by atoms with Crippen LogP contribution >= 0.6 is 0 Å². The minimum absolute atomic E-state index is 0.265. The van der Waals surface area contributed by atoms with Crippen molar-refractivity contribution < 1.29 is 0 Å². The van der Waals surface area contributed by atoms with E-state index in [0.29, 0.717) is 0 Å². The molecule has 1 aliphatic carbocycles. The van der Waals surface area contributed by atoms with Crippen molar-refractivity contribution in [2.24, 2.45) is 17.8 Å². The molecular weight excluding hydrogens is 210 g/mol. The van der Waals surface area contributed by atoms with Crippen molar-refractivity contribution >= 4 is 8.24 Å². The van der Waals surface area contributed by atoms with Crippen LogP contribution in [0.1, 0.15) is 48.0 Å². The van der Waals surface area contributed by atoms with Crippen LogP contribution in [0.4, 0.5) is 0 Å². The van der Waals surface area contributed by atoms with Gasteiger partial charge in [0.1, 0.15) is 8.24 Å². The third-order valence-corrected chi connectivity index (χ3v) is 8.51. The molecule has 0 amide bonds. The van der Waals surface area contributed by atoms with E-state index in [1.165, 1.54) is 6.42 Å². The lowest BCUT2D eigenvalue weighted by atomic mass is 10.0. The van der Waals surface area contributed by atoms with Crippen molar-refractivity contribution in [1.82, 2.24) is 4.98 Å². The molecule has 1 saturated carbocycles. The highest BCUT2D eigenvalue weighted by Crippen LogP contribution is 2.49. The van der Waals surface area contributed by atoms with Crippen molar-refractivity contribution in [2.45, 2.75) is 72.1 Å². The molecule has 0 radical (unpaired) electrons. The van der Waals surface area contributed by atoms with Crippen LogP contribution in [0.15, 0.2) is 0 Å². The summed E-state index contributed by atoms with van der Waals surface area (Å²) in [6, 6.07) is 0. The first-order valence-corrected chi connectivity index (χ1v) is 9.91. The third kappa shape index (κ3) is 3.10. The molecular formula is C14H31NSi. The van der Waals surface area contributed by atoms with E-state index in [-0.39, 0.29) is 5.54 Å². The van der Waals surface area contributed by atoms with E-state index in [1.807, 2.05) is 0 Å². The van der Waals surface area contributed by atoms with E-state index in [0.717, 1.165) is 23.3 Å². The van der Waals surface area contributed by atoms with Crippen LogP contribution in [0.2, 0.25) is 18.6 Å². The number of rotatable bonds is 2. The monoisotopic (exact) mass is 241 g/mol. The highest BCUT2D eigenvalue weighted by Gasteiger charge is 2.46.